The van der Waals surface area contributed by atoms with E-state index in [4.69, 9.17) is 89.5 Å². The number of hydrogen-bond donors (Lipinski definition) is 4. The summed E-state index contributed by atoms with van der Waals surface area (Å²) in [5, 5.41) is 21.4. The van der Waals surface area contributed by atoms with Crippen molar-refractivity contribution in [2.24, 2.45) is 0 Å². The lowest BCUT2D eigenvalue weighted by Gasteiger charge is -2.22. The number of anilines is 5. The van der Waals surface area contributed by atoms with E-state index in [1.807, 2.05) is 206 Å². The maximum absolute atomic E-state index is 13.7. The fourth-order valence-corrected chi connectivity index (χ4v) is 16.1. The number of nitrogens with zero attached hydrogens (tertiary/aromatic N) is 16. The van der Waals surface area contributed by atoms with Crippen molar-refractivity contribution in [2.75, 3.05) is 169 Å². The lowest BCUT2D eigenvalue weighted by atomic mass is 10.1. The molecule has 766 valence electrons. The van der Waals surface area contributed by atoms with Gasteiger partial charge in [0, 0.05) is 96.8 Å². The Morgan fingerprint density at radius 1 is 0.267 bits per heavy atom. The minimum atomic E-state index is -4.51. The van der Waals surface area contributed by atoms with Crippen LogP contribution in [0.3, 0.4) is 0 Å². The molecule has 5 heterocycles. The van der Waals surface area contributed by atoms with Gasteiger partial charge in [-0.25, -0.2) is 49.8 Å². The Labute approximate surface area is 883 Å². The Kier molecular flexibility index (Phi) is 42.9. The molecule has 10 aromatic carbocycles. The molecule has 0 fully saturated rings. The van der Waals surface area contributed by atoms with Gasteiger partial charge in [0.05, 0.1) is 38.7 Å². The number of rotatable bonds is 35. The van der Waals surface area contributed by atoms with Gasteiger partial charge >= 0.3 is 12.4 Å². The molecule has 0 aliphatic heterocycles. The predicted molar refractivity (Wildman–Crippen MR) is 606 cm³/mol. The van der Waals surface area contributed by atoms with Gasteiger partial charge in [-0.3, -0.25) is 0 Å². The first-order chi connectivity index (χ1) is 69.6. The van der Waals surface area contributed by atoms with Crippen LogP contribution in [0.25, 0.3) is 115 Å². The number of benzene rings is 10. The van der Waals surface area contributed by atoms with Gasteiger partial charge in [0.2, 0.25) is 0 Å². The molecular formula is C114H126Cl6F6N20. The summed E-state index contributed by atoms with van der Waals surface area (Å²) in [6, 6.07) is 57.2. The third-order valence-corrected chi connectivity index (χ3v) is 25.2. The Bertz CT molecular complexity index is 7090. The molecule has 4 N–H and O–H groups in total. The molecule has 0 bridgehead atoms. The summed E-state index contributed by atoms with van der Waals surface area (Å²) in [6.45, 7) is 20.5. The monoisotopic (exact) mass is 2100 g/mol. The van der Waals surface area contributed by atoms with Crippen LogP contribution in [-0.4, -0.2) is 217 Å². The van der Waals surface area contributed by atoms with E-state index in [9.17, 15) is 26.3 Å². The van der Waals surface area contributed by atoms with Gasteiger partial charge < -0.3 is 50.7 Å². The van der Waals surface area contributed by atoms with Crippen molar-refractivity contribution < 1.29 is 26.3 Å². The van der Waals surface area contributed by atoms with E-state index < -0.39 is 23.5 Å². The third kappa shape index (κ3) is 35.2. The largest absolute Gasteiger partial charge is 0.418 e. The number of aromatic nitrogens is 10. The summed E-state index contributed by atoms with van der Waals surface area (Å²) in [4.78, 5) is 58.3. The molecule has 0 saturated heterocycles. The van der Waals surface area contributed by atoms with Crippen molar-refractivity contribution >= 4 is 214 Å². The van der Waals surface area contributed by atoms with E-state index in [0.29, 0.717) is 73.1 Å². The van der Waals surface area contributed by atoms with Crippen LogP contribution in [0.2, 0.25) is 30.1 Å². The first kappa shape index (κ1) is 114. The van der Waals surface area contributed by atoms with Gasteiger partial charge in [-0.05, 0) is 354 Å². The maximum atomic E-state index is 13.7. The Hall–Kier alpha value is -12.3. The highest BCUT2D eigenvalue weighted by Crippen LogP contribution is 2.40. The fraction of sp³-hybridized carbons (Fsp3) is 0.298. The molecule has 0 spiro atoms. The lowest BCUT2D eigenvalue weighted by Crippen LogP contribution is -2.24. The number of hydrogen-bond acceptors (Lipinski definition) is 20. The predicted octanol–water partition coefficient (Wildman–Crippen LogP) is 28.7. The highest BCUT2D eigenvalue weighted by molar-refractivity contribution is 6.33. The van der Waals surface area contributed by atoms with E-state index in [2.05, 4.69) is 169 Å². The molecule has 15 rings (SSSR count). The molecule has 20 nitrogen and oxygen atoms in total. The molecule has 0 aliphatic rings. The van der Waals surface area contributed by atoms with E-state index in [-0.39, 0.29) is 22.7 Å². The summed E-state index contributed by atoms with van der Waals surface area (Å²) in [5.41, 5.74) is 12.0. The summed E-state index contributed by atoms with van der Waals surface area (Å²) in [7, 11) is 22.2. The number of aryl methyl sites for hydroxylation is 6. The average molecular weight is 2100 g/mol. The average Bonchev–Trinajstić information content (AvgIpc) is 0.768. The second-order valence-corrected chi connectivity index (χ2v) is 39.3. The van der Waals surface area contributed by atoms with Crippen molar-refractivity contribution in [3.05, 3.63) is 320 Å². The fourth-order valence-electron chi connectivity index (χ4n) is 15.1. The number of nitrogens with one attached hydrogen (secondary N) is 4. The van der Waals surface area contributed by atoms with Crippen LogP contribution in [0.15, 0.2) is 188 Å². The molecule has 5 aromatic heterocycles. The number of fused-ring (bicyclic) bond motifs is 5. The molecule has 0 amide bonds. The summed E-state index contributed by atoms with van der Waals surface area (Å²) in [6.07, 6.45) is 14.2. The molecule has 0 atom stereocenters. The van der Waals surface area contributed by atoms with E-state index in [0.717, 1.165) is 212 Å². The van der Waals surface area contributed by atoms with Gasteiger partial charge in [-0.2, -0.15) is 26.3 Å². The van der Waals surface area contributed by atoms with E-state index in [1.165, 1.54) is 17.7 Å². The molecule has 146 heavy (non-hydrogen) atoms. The lowest BCUT2D eigenvalue weighted by molar-refractivity contribution is -0.137. The van der Waals surface area contributed by atoms with Crippen LogP contribution in [0, 0.1) is 41.5 Å². The molecule has 0 unspecified atom stereocenters. The second-order valence-electron chi connectivity index (χ2n) is 36.8. The smallest absolute Gasteiger partial charge is 0.369 e. The van der Waals surface area contributed by atoms with Crippen LogP contribution >= 0.6 is 69.6 Å². The van der Waals surface area contributed by atoms with Crippen molar-refractivity contribution in [3.63, 3.8) is 0 Å². The van der Waals surface area contributed by atoms with Crippen LogP contribution in [0.1, 0.15) is 134 Å². The van der Waals surface area contributed by atoms with E-state index in [1.54, 1.807) is 48.6 Å². The normalized spacial score (nSPS) is 11.9. The van der Waals surface area contributed by atoms with Crippen molar-refractivity contribution in [3.8, 4) is 0 Å². The minimum Gasteiger partial charge on any atom is -0.369 e. The highest BCUT2D eigenvalue weighted by atomic mass is 35.5. The van der Waals surface area contributed by atoms with Crippen molar-refractivity contribution in [1.29, 1.82) is 0 Å². The quantitative estimate of drug-likeness (QED) is 0.0216. The van der Waals surface area contributed by atoms with Crippen molar-refractivity contribution in [2.45, 2.75) is 86.0 Å². The zero-order valence-electron chi connectivity index (χ0n) is 85.5. The number of halogens is 12. The summed E-state index contributed by atoms with van der Waals surface area (Å²) < 4.78 is 81.9. The maximum Gasteiger partial charge on any atom is 0.418 e. The minimum absolute atomic E-state index is 0.106. The van der Waals surface area contributed by atoms with Crippen LogP contribution in [-0.2, 0) is 12.4 Å². The molecule has 32 heteroatoms. The molecule has 15 aromatic rings. The van der Waals surface area contributed by atoms with E-state index >= 15 is 0 Å². The second kappa shape index (κ2) is 54.9. The Morgan fingerprint density at radius 3 is 0.911 bits per heavy atom. The zero-order valence-corrected chi connectivity index (χ0v) is 90.0. The number of para-hydroxylation sites is 3. The summed E-state index contributed by atoms with van der Waals surface area (Å²) >= 11 is 37.1. The molecule has 0 saturated carbocycles. The van der Waals surface area contributed by atoms with Crippen LogP contribution in [0.5, 0.6) is 0 Å². The van der Waals surface area contributed by atoms with Gasteiger partial charge in [-0.15, -0.1) is 0 Å². The van der Waals surface area contributed by atoms with Gasteiger partial charge in [-0.1, -0.05) is 203 Å². The first-order valence-electron chi connectivity index (χ1n) is 48.0. The molecule has 0 aliphatic carbocycles. The summed E-state index contributed by atoms with van der Waals surface area (Å²) in [5.74, 6) is 5.79. The van der Waals surface area contributed by atoms with Crippen LogP contribution < -0.4 is 26.2 Å². The SMILES string of the molecule is Cc1ccc(/C=C/c2nc(N(C)CCCN(C)C)c3cccc(C(F)(F)F)c3n2)cc1Cl.Cc1ccc(/C=C/c2nc(NCCCN(C)C)c3ccc(Cl)cc3n2)cc1.Cc1ccc(/C=C/c2nc(NCCCN(C)C)c3ccc(Cl)cc3n2)cc1Cl.Cc1ccc(/C=C/c2nc(NCCCN(C)C)c3cccc(C(F)(F)F)c3n2)cc1Cl.Cc1ccc(/C=C/c2nc(NCCCN(C)C)c3cccc(C)c3n2)cc1Cl. The highest BCUT2D eigenvalue weighted by Gasteiger charge is 2.35. The van der Waals surface area contributed by atoms with Gasteiger partial charge in [0.15, 0.2) is 29.1 Å². The molecule has 0 radical (unpaired) electrons. The van der Waals surface area contributed by atoms with Gasteiger partial charge in [0.1, 0.15) is 29.1 Å². The topological polar surface area (TPSA) is 196 Å². The Morgan fingerprint density at radius 2 is 0.562 bits per heavy atom. The Balaban J connectivity index is 0.000000174. The first-order valence-corrected chi connectivity index (χ1v) is 50.2. The zero-order chi connectivity index (χ0) is 105. The molecular weight excluding hydrogens is 1980 g/mol. The van der Waals surface area contributed by atoms with Crippen molar-refractivity contribution in [1.82, 2.24) is 74.3 Å². The number of alkyl halides is 6. The third-order valence-electron chi connectivity index (χ3n) is 23.1. The van der Waals surface area contributed by atoms with Crippen LogP contribution in [0.4, 0.5) is 55.4 Å². The van der Waals surface area contributed by atoms with Gasteiger partial charge in [0.25, 0.3) is 0 Å². The standard InChI is InChI=1S/C24H26ClF3N4.C23H24ClF3N4.C23H27ClN4.C22H24Cl2N4.C22H25ClN4/c1-16-9-10-17(15-20(16)25)11-12-21-29-22-18(7-5-8-19(22)24(26,27)28)23(30-21)32(4)14-6-13-31(2)3;1-15-8-9-16(14-19(15)24)10-11-20-29-21-17(6-4-7-18(21)23(25,26)27)22(30-20)28-12-5-13-31(2)3;1-16-9-10-18(15-20(16)24)11-12-21-26-22-17(2)7-5-8-19(22)23(27-21)25-13-6-14-28(3)4;1-15-5-6-16(13-19(15)24)7-10-21-26-20-14-17(23)8-9-18(20)22(27-21)25-11-4-12-28(2)3;1-16-5-7-17(8-6-16)9-12-21-25-20-15-18(23)10-11-19(20)22(26-21)24-13-4-14-27(2)3/h5,7-12,15H,6,13-14H2,1-4H3;4,6-11,14H,5,12-13H2,1-3H3,(H,28,29,30);5,7-12,15H,6,13-14H2,1-4H3,(H,25,26,27);5-10,13-14H,4,11-12H2,1-3H3,(H,25,26,27);5-12,15H,4,13-14H2,1-3H3,(H,24,25,26)/b12-11+;11-10+;12-11+;10-7+;12-9+.